The fraction of sp³-hybridized carbons (Fsp3) is 0.429. The number of halogens is 1. The van der Waals surface area contributed by atoms with Crippen LogP contribution in [0.1, 0.15) is 38.0 Å². The molecule has 2 fully saturated rings. The number of anilines is 1. The lowest BCUT2D eigenvalue weighted by molar-refractivity contribution is -0.0383. The van der Waals surface area contributed by atoms with Gasteiger partial charge in [-0.05, 0) is 56.4 Å². The van der Waals surface area contributed by atoms with Gasteiger partial charge in [0.15, 0.2) is 12.0 Å². The molecule has 198 valence electrons. The van der Waals surface area contributed by atoms with E-state index in [0.29, 0.717) is 54.4 Å². The molecule has 2 atom stereocenters. The molecule has 2 aliphatic heterocycles. The maximum atomic E-state index is 15.7. The number of aryl methyl sites for hydroxylation is 1. The van der Waals surface area contributed by atoms with E-state index in [1.807, 2.05) is 29.8 Å². The van der Waals surface area contributed by atoms with Crippen molar-refractivity contribution in [2.24, 2.45) is 0 Å². The van der Waals surface area contributed by atoms with Crippen molar-refractivity contribution in [2.45, 2.75) is 45.4 Å². The van der Waals surface area contributed by atoms with Gasteiger partial charge in [-0.15, -0.1) is 0 Å². The molecule has 0 bridgehead atoms. The van der Waals surface area contributed by atoms with Gasteiger partial charge in [0.05, 0.1) is 38.3 Å². The van der Waals surface area contributed by atoms with Crippen LogP contribution >= 0.6 is 0 Å². The Morgan fingerprint density at radius 1 is 1.11 bits per heavy atom. The summed E-state index contributed by atoms with van der Waals surface area (Å²) in [4.78, 5) is 16.2. The van der Waals surface area contributed by atoms with E-state index in [4.69, 9.17) is 19.2 Å². The molecule has 4 aromatic rings. The molecule has 2 saturated heterocycles. The number of hydrogen-bond acceptors (Lipinski definition) is 8. The zero-order valence-electron chi connectivity index (χ0n) is 21.9. The average Bonchev–Trinajstić information content (AvgIpc) is 3.43. The molecule has 10 heteroatoms. The Hall–Kier alpha value is -3.63. The number of aromatic nitrogens is 5. The van der Waals surface area contributed by atoms with Crippen LogP contribution in [0.3, 0.4) is 0 Å². The second-order valence-electron chi connectivity index (χ2n) is 9.85. The third-order valence-corrected chi connectivity index (χ3v) is 7.36. The number of pyridine rings is 3. The standard InChI is InChI=1S/C28H31FN6O3/c1-17-12-24(36-3)30-14-20(17)19-13-23(34-9-11-37-16-18(34)2)33-28-26(19)21(29)15-31-27(28)22-7-8-32-35(22)25-6-4-5-10-38-25/h7-8,12-15,18,25H,4-6,9-11,16H2,1-3H3/t18-,25?/m1/s1. The van der Waals surface area contributed by atoms with Gasteiger partial charge < -0.3 is 19.1 Å². The summed E-state index contributed by atoms with van der Waals surface area (Å²) in [6.07, 6.45) is 7.50. The lowest BCUT2D eigenvalue weighted by Crippen LogP contribution is -2.44. The van der Waals surface area contributed by atoms with Crippen molar-refractivity contribution >= 4 is 16.7 Å². The Balaban J connectivity index is 1.61. The van der Waals surface area contributed by atoms with Crippen molar-refractivity contribution in [2.75, 3.05) is 38.4 Å². The van der Waals surface area contributed by atoms with Gasteiger partial charge in [0.1, 0.15) is 17.0 Å². The third-order valence-electron chi connectivity index (χ3n) is 7.36. The number of methoxy groups -OCH3 is 1. The van der Waals surface area contributed by atoms with Crippen molar-refractivity contribution < 1.29 is 18.6 Å². The van der Waals surface area contributed by atoms with Gasteiger partial charge in [0, 0.05) is 42.6 Å². The molecule has 0 spiro atoms. The summed E-state index contributed by atoms with van der Waals surface area (Å²) in [5.74, 6) is 0.807. The van der Waals surface area contributed by atoms with Gasteiger partial charge in [0.2, 0.25) is 5.88 Å². The fourth-order valence-corrected chi connectivity index (χ4v) is 5.38. The van der Waals surface area contributed by atoms with Crippen molar-refractivity contribution in [1.82, 2.24) is 24.7 Å². The maximum absolute atomic E-state index is 15.7. The first-order valence-electron chi connectivity index (χ1n) is 13.0. The van der Waals surface area contributed by atoms with Crippen LogP contribution in [0.15, 0.2) is 36.8 Å². The molecule has 2 aliphatic rings. The Bertz CT molecular complexity index is 1470. The minimum Gasteiger partial charge on any atom is -0.481 e. The summed E-state index contributed by atoms with van der Waals surface area (Å²) in [6, 6.07) is 5.81. The summed E-state index contributed by atoms with van der Waals surface area (Å²) in [7, 11) is 1.58. The molecule has 4 aromatic heterocycles. The minimum absolute atomic E-state index is 0.114. The SMILES string of the molecule is COc1cc(C)c(-c2cc(N3CCOC[C@H]3C)nc3c(-c4ccnn4C4CCCCO4)ncc(F)c23)cn1. The quantitative estimate of drug-likeness (QED) is 0.367. The first kappa shape index (κ1) is 24.7. The zero-order chi connectivity index (χ0) is 26.2. The van der Waals surface area contributed by atoms with E-state index in [1.54, 1.807) is 19.5 Å². The largest absolute Gasteiger partial charge is 0.481 e. The van der Waals surface area contributed by atoms with E-state index in [0.717, 1.165) is 41.9 Å². The van der Waals surface area contributed by atoms with Gasteiger partial charge in [-0.2, -0.15) is 5.10 Å². The lowest BCUT2D eigenvalue weighted by atomic mass is 9.97. The van der Waals surface area contributed by atoms with E-state index >= 15 is 4.39 Å². The van der Waals surface area contributed by atoms with Crippen molar-refractivity contribution in [3.8, 4) is 28.4 Å². The number of hydrogen-bond donors (Lipinski definition) is 0. The van der Waals surface area contributed by atoms with Gasteiger partial charge >= 0.3 is 0 Å². The van der Waals surface area contributed by atoms with E-state index < -0.39 is 5.82 Å². The molecular formula is C28H31FN6O3. The Kier molecular flexibility index (Phi) is 6.67. The molecule has 1 unspecified atom stereocenters. The zero-order valence-corrected chi connectivity index (χ0v) is 21.9. The highest BCUT2D eigenvalue weighted by molar-refractivity contribution is 6.02. The molecule has 0 aromatic carbocycles. The molecule has 6 rings (SSSR count). The topological polar surface area (TPSA) is 87.4 Å². The fourth-order valence-electron chi connectivity index (χ4n) is 5.38. The lowest BCUT2D eigenvalue weighted by Gasteiger charge is -2.34. The second kappa shape index (κ2) is 10.3. The second-order valence-corrected chi connectivity index (χ2v) is 9.85. The first-order valence-corrected chi connectivity index (χ1v) is 13.0. The van der Waals surface area contributed by atoms with E-state index in [2.05, 4.69) is 26.9 Å². The first-order chi connectivity index (χ1) is 18.5. The van der Waals surface area contributed by atoms with Crippen LogP contribution in [-0.2, 0) is 9.47 Å². The Morgan fingerprint density at radius 3 is 2.76 bits per heavy atom. The van der Waals surface area contributed by atoms with E-state index in [-0.39, 0.29) is 12.3 Å². The van der Waals surface area contributed by atoms with Crippen LogP contribution in [0.5, 0.6) is 5.88 Å². The predicted molar refractivity (Wildman–Crippen MR) is 142 cm³/mol. The molecule has 0 saturated carbocycles. The third kappa shape index (κ3) is 4.37. The van der Waals surface area contributed by atoms with Crippen LogP contribution in [-0.4, -0.2) is 64.2 Å². The monoisotopic (exact) mass is 518 g/mol. The molecule has 0 amide bonds. The normalized spacial score (nSPS) is 20.2. The van der Waals surface area contributed by atoms with E-state index in [1.165, 1.54) is 6.20 Å². The highest BCUT2D eigenvalue weighted by Gasteiger charge is 2.27. The number of rotatable bonds is 5. The highest BCUT2D eigenvalue weighted by Crippen LogP contribution is 2.39. The van der Waals surface area contributed by atoms with Crippen LogP contribution in [0.2, 0.25) is 0 Å². The Labute approximate surface area is 220 Å². The minimum atomic E-state index is -0.442. The summed E-state index contributed by atoms with van der Waals surface area (Å²) in [6.45, 7) is 6.64. The van der Waals surface area contributed by atoms with Crippen LogP contribution < -0.4 is 9.64 Å². The predicted octanol–water partition coefficient (Wildman–Crippen LogP) is 4.94. The Morgan fingerprint density at radius 2 is 2.00 bits per heavy atom. The van der Waals surface area contributed by atoms with Crippen molar-refractivity contribution in [3.63, 3.8) is 0 Å². The molecule has 6 heterocycles. The van der Waals surface area contributed by atoms with Crippen molar-refractivity contribution in [3.05, 3.63) is 48.2 Å². The number of morpholine rings is 1. The average molecular weight is 519 g/mol. The number of ether oxygens (including phenoxy) is 3. The molecule has 38 heavy (non-hydrogen) atoms. The number of fused-ring (bicyclic) bond motifs is 1. The molecule has 0 N–H and O–H groups in total. The highest BCUT2D eigenvalue weighted by atomic mass is 19.1. The van der Waals surface area contributed by atoms with Gasteiger partial charge in [-0.25, -0.2) is 24.0 Å². The summed E-state index contributed by atoms with van der Waals surface area (Å²) in [5.41, 5.74) is 4.22. The number of nitrogens with zero attached hydrogens (tertiary/aromatic N) is 6. The van der Waals surface area contributed by atoms with Crippen LogP contribution in [0, 0.1) is 12.7 Å². The van der Waals surface area contributed by atoms with Gasteiger partial charge in [-0.3, -0.25) is 0 Å². The molecule has 0 aliphatic carbocycles. The smallest absolute Gasteiger partial charge is 0.213 e. The molecular weight excluding hydrogens is 487 g/mol. The van der Waals surface area contributed by atoms with Crippen LogP contribution in [0.25, 0.3) is 33.4 Å². The molecule has 9 nitrogen and oxygen atoms in total. The van der Waals surface area contributed by atoms with E-state index in [9.17, 15) is 0 Å². The molecule has 0 radical (unpaired) electrons. The van der Waals surface area contributed by atoms with Gasteiger partial charge in [0.25, 0.3) is 0 Å². The summed E-state index contributed by atoms with van der Waals surface area (Å²) in [5, 5.41) is 4.96. The summed E-state index contributed by atoms with van der Waals surface area (Å²) >= 11 is 0. The summed E-state index contributed by atoms with van der Waals surface area (Å²) < 4.78 is 34.6. The van der Waals surface area contributed by atoms with Crippen LogP contribution in [0.4, 0.5) is 10.2 Å². The van der Waals surface area contributed by atoms with Gasteiger partial charge in [-0.1, -0.05) is 0 Å². The maximum Gasteiger partial charge on any atom is 0.213 e. The van der Waals surface area contributed by atoms with Crippen molar-refractivity contribution in [1.29, 1.82) is 0 Å².